The molecule has 1 N–H and O–H groups in total. The number of carbonyl (C=O) groups excluding carboxylic acids is 1. The Labute approximate surface area is 163 Å². The maximum atomic E-state index is 12.9. The van der Waals surface area contributed by atoms with Crippen molar-refractivity contribution in [1.82, 2.24) is 19.7 Å². The number of ether oxygens (including phenoxy) is 2. The van der Waals surface area contributed by atoms with Crippen LogP contribution in [0.4, 0.5) is 0 Å². The van der Waals surface area contributed by atoms with Gasteiger partial charge in [0.15, 0.2) is 6.29 Å². The van der Waals surface area contributed by atoms with Gasteiger partial charge in [-0.3, -0.25) is 9.59 Å². The van der Waals surface area contributed by atoms with Crippen LogP contribution in [0.2, 0.25) is 0 Å². The molecule has 0 unspecified atom stereocenters. The predicted molar refractivity (Wildman–Crippen MR) is 105 cm³/mol. The SMILES string of the molecule is CCCn1cc(C(=O)NCC(OC)OC)c2nn(-c3ccccc3)c(=O)c-2c1. The van der Waals surface area contributed by atoms with E-state index in [0.717, 1.165) is 6.42 Å². The van der Waals surface area contributed by atoms with Gasteiger partial charge in [0.1, 0.15) is 5.69 Å². The summed E-state index contributed by atoms with van der Waals surface area (Å²) < 4.78 is 13.4. The number of hydrogen-bond donors (Lipinski definition) is 1. The van der Waals surface area contributed by atoms with E-state index in [4.69, 9.17) is 9.47 Å². The van der Waals surface area contributed by atoms with Crippen LogP contribution in [0.25, 0.3) is 16.9 Å². The molecule has 28 heavy (non-hydrogen) atoms. The minimum Gasteiger partial charge on any atom is -0.354 e. The summed E-state index contributed by atoms with van der Waals surface area (Å²) in [7, 11) is 3.00. The van der Waals surface area contributed by atoms with Crippen molar-refractivity contribution in [2.45, 2.75) is 26.2 Å². The summed E-state index contributed by atoms with van der Waals surface area (Å²) in [6, 6.07) is 9.14. The van der Waals surface area contributed by atoms with E-state index >= 15 is 0 Å². The molecule has 0 aliphatic carbocycles. The highest BCUT2D eigenvalue weighted by atomic mass is 16.7. The molecular formula is C20H24N4O4. The van der Waals surface area contributed by atoms with E-state index in [1.807, 2.05) is 29.7 Å². The lowest BCUT2D eigenvalue weighted by molar-refractivity contribution is -0.0974. The minimum absolute atomic E-state index is 0.180. The standard InChI is InChI=1S/C20H24N4O4/c1-4-10-23-12-15(19(25)21-11-17(27-2)28-3)18-16(13-23)20(26)24(22-18)14-8-6-5-7-9-14/h5-9,12-13,17H,4,10-11H2,1-3H3,(H,21,25). The fourth-order valence-electron chi connectivity index (χ4n) is 2.99. The summed E-state index contributed by atoms with van der Waals surface area (Å²) in [4.78, 5) is 25.8. The van der Waals surface area contributed by atoms with Gasteiger partial charge in [-0.15, -0.1) is 0 Å². The number of rotatable bonds is 8. The number of benzene rings is 1. The molecule has 0 atom stereocenters. The fourth-order valence-corrected chi connectivity index (χ4v) is 2.99. The van der Waals surface area contributed by atoms with Crippen molar-refractivity contribution >= 4 is 5.91 Å². The molecular weight excluding hydrogens is 360 g/mol. The van der Waals surface area contributed by atoms with Gasteiger partial charge in [-0.2, -0.15) is 9.78 Å². The van der Waals surface area contributed by atoms with E-state index in [-0.39, 0.29) is 18.0 Å². The number of fused-ring (bicyclic) bond motifs is 1. The van der Waals surface area contributed by atoms with Crippen LogP contribution in [0.3, 0.4) is 0 Å². The third-order valence-corrected chi connectivity index (χ3v) is 4.41. The van der Waals surface area contributed by atoms with Crippen LogP contribution in [0.5, 0.6) is 0 Å². The van der Waals surface area contributed by atoms with Crippen molar-refractivity contribution in [3.8, 4) is 16.9 Å². The summed E-state index contributed by atoms with van der Waals surface area (Å²) in [5.41, 5.74) is 1.50. The van der Waals surface area contributed by atoms with Crippen molar-refractivity contribution in [2.75, 3.05) is 20.8 Å². The molecule has 0 saturated heterocycles. The van der Waals surface area contributed by atoms with Crippen LogP contribution in [-0.2, 0) is 16.0 Å². The zero-order valence-electron chi connectivity index (χ0n) is 16.2. The Morgan fingerprint density at radius 3 is 2.54 bits per heavy atom. The Balaban J connectivity index is 2.05. The monoisotopic (exact) mass is 384 g/mol. The second kappa shape index (κ2) is 8.81. The molecule has 1 aromatic rings. The number of carbonyl (C=O) groups is 1. The number of pyridine rings is 1. The van der Waals surface area contributed by atoms with E-state index in [0.29, 0.717) is 29.1 Å². The maximum absolute atomic E-state index is 12.9. The van der Waals surface area contributed by atoms with Crippen LogP contribution in [-0.4, -0.2) is 47.3 Å². The van der Waals surface area contributed by atoms with Gasteiger partial charge in [-0.25, -0.2) is 0 Å². The first-order valence-electron chi connectivity index (χ1n) is 9.11. The van der Waals surface area contributed by atoms with Crippen molar-refractivity contribution in [3.05, 3.63) is 58.6 Å². The predicted octanol–water partition coefficient (Wildman–Crippen LogP) is 1.90. The van der Waals surface area contributed by atoms with E-state index < -0.39 is 6.29 Å². The molecule has 0 bridgehead atoms. The topological polar surface area (TPSA) is 87.4 Å². The molecule has 1 amide bonds. The first-order valence-corrected chi connectivity index (χ1v) is 9.11. The number of methoxy groups -OCH3 is 2. The molecule has 0 aromatic heterocycles. The van der Waals surface area contributed by atoms with Crippen LogP contribution in [0.1, 0.15) is 23.7 Å². The van der Waals surface area contributed by atoms with Crippen LogP contribution in [0.15, 0.2) is 47.5 Å². The number of aryl methyl sites for hydroxylation is 1. The summed E-state index contributed by atoms with van der Waals surface area (Å²) >= 11 is 0. The number of nitrogens with one attached hydrogen (secondary N) is 1. The van der Waals surface area contributed by atoms with Crippen molar-refractivity contribution in [3.63, 3.8) is 0 Å². The number of para-hydroxylation sites is 1. The first-order chi connectivity index (χ1) is 13.6. The van der Waals surface area contributed by atoms with Gasteiger partial charge in [0, 0.05) is 33.2 Å². The highest BCUT2D eigenvalue weighted by Gasteiger charge is 2.24. The van der Waals surface area contributed by atoms with Gasteiger partial charge in [0.2, 0.25) is 0 Å². The molecule has 2 aliphatic rings. The van der Waals surface area contributed by atoms with E-state index in [1.54, 1.807) is 24.5 Å². The summed E-state index contributed by atoms with van der Waals surface area (Å²) in [6.45, 7) is 2.90. The maximum Gasteiger partial charge on any atom is 0.282 e. The first kappa shape index (κ1) is 19.8. The second-order valence-electron chi connectivity index (χ2n) is 6.34. The second-order valence-corrected chi connectivity index (χ2v) is 6.34. The van der Waals surface area contributed by atoms with Crippen molar-refractivity contribution < 1.29 is 14.3 Å². The number of amides is 1. The van der Waals surface area contributed by atoms with E-state index in [9.17, 15) is 9.59 Å². The van der Waals surface area contributed by atoms with Crippen LogP contribution < -0.4 is 10.9 Å². The van der Waals surface area contributed by atoms with Crippen molar-refractivity contribution in [1.29, 1.82) is 0 Å². The normalized spacial score (nSPS) is 11.3. The van der Waals surface area contributed by atoms with Gasteiger partial charge < -0.3 is 19.4 Å². The van der Waals surface area contributed by atoms with Gasteiger partial charge in [-0.1, -0.05) is 25.1 Å². The van der Waals surface area contributed by atoms with Gasteiger partial charge in [-0.05, 0) is 18.6 Å². The largest absolute Gasteiger partial charge is 0.354 e. The lowest BCUT2D eigenvalue weighted by Crippen LogP contribution is -2.34. The third kappa shape index (κ3) is 3.97. The third-order valence-electron chi connectivity index (χ3n) is 4.41. The molecule has 2 aliphatic heterocycles. The lowest BCUT2D eigenvalue weighted by atomic mass is 10.1. The lowest BCUT2D eigenvalue weighted by Gasteiger charge is -2.15. The minimum atomic E-state index is -0.553. The average molecular weight is 384 g/mol. The van der Waals surface area contributed by atoms with Crippen LogP contribution in [0, 0.1) is 0 Å². The Kier molecular flexibility index (Phi) is 6.23. The smallest absolute Gasteiger partial charge is 0.282 e. The average Bonchev–Trinajstić information content (AvgIpc) is 3.05. The van der Waals surface area contributed by atoms with Gasteiger partial charge in [0.25, 0.3) is 11.5 Å². The molecule has 148 valence electrons. The number of aromatic nitrogens is 3. The van der Waals surface area contributed by atoms with Crippen molar-refractivity contribution in [2.24, 2.45) is 0 Å². The zero-order valence-corrected chi connectivity index (χ0v) is 16.2. The highest BCUT2D eigenvalue weighted by molar-refractivity contribution is 5.99. The molecule has 3 rings (SSSR count). The quantitative estimate of drug-likeness (QED) is 0.600. The molecule has 0 fully saturated rings. The molecule has 8 heteroatoms. The number of hydrogen-bond acceptors (Lipinski definition) is 5. The van der Waals surface area contributed by atoms with Gasteiger partial charge in [0.05, 0.1) is 23.4 Å². The Hall–Kier alpha value is -2.97. The summed E-state index contributed by atoms with van der Waals surface area (Å²) in [6.07, 6.45) is 3.78. The number of nitrogens with zero attached hydrogens (tertiary/aromatic N) is 3. The van der Waals surface area contributed by atoms with E-state index in [2.05, 4.69) is 10.4 Å². The Morgan fingerprint density at radius 1 is 1.18 bits per heavy atom. The fraction of sp³-hybridized carbons (Fsp3) is 0.350. The highest BCUT2D eigenvalue weighted by Crippen LogP contribution is 2.22. The molecule has 8 nitrogen and oxygen atoms in total. The molecule has 1 aromatic carbocycles. The Bertz CT molecular complexity index is 960. The zero-order chi connectivity index (χ0) is 20.1. The van der Waals surface area contributed by atoms with E-state index in [1.165, 1.54) is 18.9 Å². The summed E-state index contributed by atoms with van der Waals surface area (Å²) in [5.74, 6) is -0.340. The Morgan fingerprint density at radius 2 is 1.89 bits per heavy atom. The molecule has 0 saturated carbocycles. The molecule has 0 radical (unpaired) electrons. The van der Waals surface area contributed by atoms with Crippen LogP contribution >= 0.6 is 0 Å². The molecule has 0 spiro atoms. The van der Waals surface area contributed by atoms with Gasteiger partial charge >= 0.3 is 0 Å². The summed E-state index contributed by atoms with van der Waals surface area (Å²) in [5, 5.41) is 7.22. The molecule has 2 heterocycles.